The van der Waals surface area contributed by atoms with Crippen molar-refractivity contribution < 1.29 is 14.6 Å². The number of nitro benzene ring substituents is 2. The Balaban J connectivity index is 1.84. The summed E-state index contributed by atoms with van der Waals surface area (Å²) in [6.45, 7) is 4.25. The van der Waals surface area contributed by atoms with Gasteiger partial charge in [-0.3, -0.25) is 25.7 Å². The molecule has 2 aliphatic carbocycles. The number of hydrazone groups is 1. The number of non-ortho nitro benzene ring substituents is 1. The van der Waals surface area contributed by atoms with Crippen LogP contribution in [0.3, 0.4) is 0 Å². The molecule has 1 aromatic carbocycles. The van der Waals surface area contributed by atoms with Gasteiger partial charge in [-0.05, 0) is 50.0 Å². The molecule has 2 aliphatic rings. The van der Waals surface area contributed by atoms with Crippen molar-refractivity contribution in [3.63, 3.8) is 0 Å². The monoisotopic (exact) mass is 362 g/mol. The van der Waals surface area contributed by atoms with Gasteiger partial charge in [0.2, 0.25) is 0 Å². The quantitative estimate of drug-likeness (QED) is 0.629. The lowest BCUT2D eigenvalue weighted by Crippen LogP contribution is -2.33. The Morgan fingerprint density at radius 3 is 2.65 bits per heavy atom. The first-order valence-electron chi connectivity index (χ1n) is 8.55. The van der Waals surface area contributed by atoms with E-state index in [-0.39, 0.29) is 28.6 Å². The zero-order valence-electron chi connectivity index (χ0n) is 15.0. The van der Waals surface area contributed by atoms with Crippen LogP contribution < -0.4 is 5.43 Å². The Morgan fingerprint density at radius 2 is 2.04 bits per heavy atom. The van der Waals surface area contributed by atoms with Crippen LogP contribution in [0.5, 0.6) is 0 Å². The average Bonchev–Trinajstić information content (AvgIpc) is 2.90. The highest BCUT2D eigenvalue weighted by atomic mass is 16.6. The molecule has 0 spiro atoms. The first-order valence-corrected chi connectivity index (χ1v) is 8.55. The van der Waals surface area contributed by atoms with Crippen LogP contribution in [0.15, 0.2) is 23.3 Å². The van der Waals surface area contributed by atoms with Crippen LogP contribution in [0.25, 0.3) is 0 Å². The lowest BCUT2D eigenvalue weighted by Gasteiger charge is -2.31. The summed E-state index contributed by atoms with van der Waals surface area (Å²) < 4.78 is 5.73. The molecule has 4 atom stereocenters. The molecule has 26 heavy (non-hydrogen) atoms. The van der Waals surface area contributed by atoms with Crippen molar-refractivity contribution in [2.45, 2.75) is 38.7 Å². The van der Waals surface area contributed by atoms with Gasteiger partial charge in [0.05, 0.1) is 21.5 Å². The number of nitrogens with zero attached hydrogens (tertiary/aromatic N) is 3. The molecule has 0 unspecified atom stereocenters. The summed E-state index contributed by atoms with van der Waals surface area (Å²) in [5.74, 6) is 1.11. The normalized spacial score (nSPS) is 31.8. The number of rotatable bonds is 5. The number of nitrogens with one attached hydrogen (secondary N) is 1. The molecule has 2 bridgehead atoms. The third-order valence-corrected chi connectivity index (χ3v) is 5.98. The Bertz CT molecular complexity index is 780. The van der Waals surface area contributed by atoms with Crippen molar-refractivity contribution in [1.29, 1.82) is 0 Å². The summed E-state index contributed by atoms with van der Waals surface area (Å²) in [6, 6.07) is 3.49. The molecule has 0 saturated heterocycles. The minimum Gasteiger partial charge on any atom is -0.378 e. The van der Waals surface area contributed by atoms with Crippen molar-refractivity contribution in [2.75, 3.05) is 12.5 Å². The number of hydrogen-bond donors (Lipinski definition) is 1. The Morgan fingerprint density at radius 1 is 1.31 bits per heavy atom. The highest BCUT2D eigenvalue weighted by Gasteiger charge is 2.50. The van der Waals surface area contributed by atoms with E-state index in [1.807, 2.05) is 0 Å². The van der Waals surface area contributed by atoms with Crippen LogP contribution in [-0.4, -0.2) is 28.3 Å². The van der Waals surface area contributed by atoms with Crippen LogP contribution >= 0.6 is 0 Å². The summed E-state index contributed by atoms with van der Waals surface area (Å²) in [6.07, 6.45) is 2.85. The van der Waals surface area contributed by atoms with Crippen LogP contribution in [0.1, 0.15) is 33.1 Å². The van der Waals surface area contributed by atoms with Gasteiger partial charge in [0, 0.05) is 18.9 Å². The maximum atomic E-state index is 11.2. The molecule has 2 saturated carbocycles. The van der Waals surface area contributed by atoms with Crippen LogP contribution in [-0.2, 0) is 4.74 Å². The topological polar surface area (TPSA) is 120 Å². The van der Waals surface area contributed by atoms with Gasteiger partial charge in [-0.15, -0.1) is 0 Å². The molecule has 9 heteroatoms. The Hall–Kier alpha value is -2.55. The molecule has 1 N–H and O–H groups in total. The third kappa shape index (κ3) is 3.14. The van der Waals surface area contributed by atoms with Gasteiger partial charge >= 0.3 is 5.69 Å². The van der Waals surface area contributed by atoms with Crippen molar-refractivity contribution in [3.8, 4) is 0 Å². The number of ether oxygens (including phenoxy) is 1. The van der Waals surface area contributed by atoms with Crippen LogP contribution in [0, 0.1) is 38.0 Å². The fraction of sp³-hybridized carbons (Fsp3) is 0.588. The number of fused-ring (bicyclic) bond motifs is 2. The lowest BCUT2D eigenvalue weighted by atomic mass is 9.78. The molecule has 3 rings (SSSR count). The zero-order valence-corrected chi connectivity index (χ0v) is 15.0. The molecule has 0 aliphatic heterocycles. The average molecular weight is 362 g/mol. The second kappa shape index (κ2) is 6.64. The van der Waals surface area contributed by atoms with E-state index in [1.165, 1.54) is 12.1 Å². The molecule has 0 amide bonds. The first-order chi connectivity index (χ1) is 12.2. The fourth-order valence-corrected chi connectivity index (χ4v) is 4.18. The van der Waals surface area contributed by atoms with E-state index in [0.29, 0.717) is 11.8 Å². The molecule has 0 heterocycles. The smallest absolute Gasteiger partial charge is 0.301 e. The van der Waals surface area contributed by atoms with Crippen LogP contribution in [0.2, 0.25) is 0 Å². The summed E-state index contributed by atoms with van der Waals surface area (Å²) in [4.78, 5) is 20.8. The maximum Gasteiger partial charge on any atom is 0.301 e. The summed E-state index contributed by atoms with van der Waals surface area (Å²) in [5, 5.41) is 26.5. The van der Waals surface area contributed by atoms with Crippen molar-refractivity contribution in [3.05, 3.63) is 38.4 Å². The third-order valence-electron chi connectivity index (χ3n) is 5.98. The van der Waals surface area contributed by atoms with Gasteiger partial charge in [-0.1, -0.05) is 6.92 Å². The second-order valence-corrected chi connectivity index (χ2v) is 7.34. The highest BCUT2D eigenvalue weighted by molar-refractivity contribution is 5.89. The first kappa shape index (κ1) is 18.2. The lowest BCUT2D eigenvalue weighted by molar-refractivity contribution is -0.393. The molecule has 9 nitrogen and oxygen atoms in total. The predicted molar refractivity (Wildman–Crippen MR) is 96.2 cm³/mol. The van der Waals surface area contributed by atoms with Crippen molar-refractivity contribution in [2.24, 2.45) is 22.9 Å². The maximum absolute atomic E-state index is 11.2. The van der Waals surface area contributed by atoms with E-state index in [4.69, 9.17) is 4.74 Å². The Kier molecular flexibility index (Phi) is 4.66. The zero-order chi connectivity index (χ0) is 19.1. The number of hydrogen-bond acceptors (Lipinski definition) is 7. The highest BCUT2D eigenvalue weighted by Crippen LogP contribution is 2.51. The molecule has 0 aromatic heterocycles. The number of nitro groups is 2. The molecular formula is C17H22N4O5. The summed E-state index contributed by atoms with van der Waals surface area (Å²) in [7, 11) is 1.74. The molecule has 1 aromatic rings. The fourth-order valence-electron chi connectivity index (χ4n) is 4.18. The Labute approximate surface area is 150 Å². The van der Waals surface area contributed by atoms with Gasteiger partial charge in [-0.25, -0.2) is 0 Å². The van der Waals surface area contributed by atoms with Crippen molar-refractivity contribution >= 4 is 22.8 Å². The molecular weight excluding hydrogens is 340 g/mol. The van der Waals surface area contributed by atoms with E-state index < -0.39 is 9.85 Å². The van der Waals surface area contributed by atoms with E-state index in [0.717, 1.165) is 31.0 Å². The summed E-state index contributed by atoms with van der Waals surface area (Å²) in [5.41, 5.74) is 3.02. The number of benzene rings is 1. The minimum atomic E-state index is -0.658. The van der Waals surface area contributed by atoms with Gasteiger partial charge in [0.25, 0.3) is 5.69 Å². The van der Waals surface area contributed by atoms with Gasteiger partial charge in [-0.2, -0.15) is 5.10 Å². The van der Waals surface area contributed by atoms with Gasteiger partial charge in [0.15, 0.2) is 0 Å². The molecule has 2 fully saturated rings. The van der Waals surface area contributed by atoms with Crippen LogP contribution in [0.4, 0.5) is 17.1 Å². The van der Waals surface area contributed by atoms with E-state index >= 15 is 0 Å². The summed E-state index contributed by atoms with van der Waals surface area (Å²) >= 11 is 0. The second-order valence-electron chi connectivity index (χ2n) is 7.34. The largest absolute Gasteiger partial charge is 0.378 e. The van der Waals surface area contributed by atoms with E-state index in [9.17, 15) is 20.2 Å². The number of anilines is 1. The van der Waals surface area contributed by atoms with Gasteiger partial charge < -0.3 is 4.74 Å². The van der Waals surface area contributed by atoms with E-state index in [1.54, 1.807) is 7.11 Å². The van der Waals surface area contributed by atoms with E-state index in [2.05, 4.69) is 24.4 Å². The predicted octanol–water partition coefficient (Wildman–Crippen LogP) is 3.74. The standard InChI is InChI=1S/C17H22N4O5/c1-10-11-6-12(17(2,9-11)26-3)7-15(10)19-18-14-5-4-13(20(22)23)8-16(14)21(24)25/h4-5,8,10-12,18H,6-7,9H2,1-3H3/b19-15-/t10-,11+,12+,17+/m0/s1. The number of methoxy groups -OCH3 is 1. The van der Waals surface area contributed by atoms with Crippen molar-refractivity contribution in [1.82, 2.24) is 0 Å². The molecule has 140 valence electrons. The van der Waals surface area contributed by atoms with Gasteiger partial charge in [0.1, 0.15) is 5.69 Å². The molecule has 0 radical (unpaired) electrons. The minimum absolute atomic E-state index is 0.146. The SMILES string of the molecule is CO[C@]1(C)C[C@H]2C[C@@H]1C/C(=N/Nc1ccc([N+](=O)[O-])cc1[N+](=O)[O-])[C@H]2C.